The van der Waals surface area contributed by atoms with Crippen molar-refractivity contribution in [2.24, 2.45) is 0 Å². The van der Waals surface area contributed by atoms with Crippen molar-refractivity contribution >= 4 is 34.9 Å². The highest BCUT2D eigenvalue weighted by atomic mass is 35.5. The molecule has 2 amide bonds. The average molecular weight is 417 g/mol. The molecule has 1 N–H and O–H groups in total. The minimum Gasteiger partial charge on any atom is -0.497 e. The smallest absolute Gasteiger partial charge is 0.322 e. The van der Waals surface area contributed by atoms with Crippen LogP contribution in [0.25, 0.3) is 5.69 Å². The number of amides is 2. The van der Waals surface area contributed by atoms with E-state index < -0.39 is 0 Å². The quantitative estimate of drug-likeness (QED) is 0.668. The summed E-state index contributed by atoms with van der Waals surface area (Å²) in [5.41, 5.74) is 3.56. The number of fused-ring (bicyclic) bond motifs is 1. The number of nitrogens with one attached hydrogen (secondary N) is 1. The van der Waals surface area contributed by atoms with Crippen molar-refractivity contribution in [1.29, 1.82) is 0 Å². The molecule has 3 aromatic rings. The van der Waals surface area contributed by atoms with E-state index in [1.165, 1.54) is 0 Å². The molecule has 0 radical (unpaired) electrons. The fraction of sp³-hybridized carbons (Fsp3) is 0.200. The Kier molecular flexibility index (Phi) is 5.15. The average Bonchev–Trinajstić information content (AvgIpc) is 3.11. The number of rotatable bonds is 3. The fourth-order valence-electron chi connectivity index (χ4n) is 3.24. The van der Waals surface area contributed by atoms with Gasteiger partial charge in [-0.1, -0.05) is 23.2 Å². The molecule has 8 heteroatoms. The molecule has 0 aliphatic carbocycles. The summed E-state index contributed by atoms with van der Waals surface area (Å²) in [6.07, 6.45) is 2.47. The standard InChI is InChI=1S/C20H18Cl2N4O2/c1-28-16-5-3-15(4-6-16)24-20(27)25-9-8-18-13(12-25)11-23-26(18)19-7-2-14(21)10-17(19)22/h2-7,10-11H,8-9,12H2,1H3,(H,24,27). The van der Waals surface area contributed by atoms with Crippen LogP contribution in [0.3, 0.4) is 0 Å². The molecule has 0 spiro atoms. The maximum absolute atomic E-state index is 12.6. The number of nitrogens with zero attached hydrogens (tertiary/aromatic N) is 3. The Bertz CT molecular complexity index is 1020. The zero-order valence-electron chi connectivity index (χ0n) is 15.2. The summed E-state index contributed by atoms with van der Waals surface area (Å²) < 4.78 is 6.96. The number of carbonyl (C=O) groups excluding carboxylic acids is 1. The van der Waals surface area contributed by atoms with Crippen LogP contribution in [0, 0.1) is 0 Å². The SMILES string of the molecule is COc1ccc(NC(=O)N2CCc3c(cnn3-c3ccc(Cl)cc3Cl)C2)cc1. The molecule has 0 saturated heterocycles. The van der Waals surface area contributed by atoms with Crippen molar-refractivity contribution in [3.05, 3.63) is 70.0 Å². The predicted molar refractivity (Wildman–Crippen MR) is 110 cm³/mol. The molecule has 6 nitrogen and oxygen atoms in total. The molecule has 1 aliphatic heterocycles. The molecule has 1 aromatic heterocycles. The van der Waals surface area contributed by atoms with Gasteiger partial charge < -0.3 is 15.0 Å². The first-order valence-corrected chi connectivity index (χ1v) is 9.52. The summed E-state index contributed by atoms with van der Waals surface area (Å²) in [5.74, 6) is 0.744. The van der Waals surface area contributed by atoms with E-state index in [0.717, 1.165) is 28.4 Å². The molecule has 28 heavy (non-hydrogen) atoms. The van der Waals surface area contributed by atoms with E-state index in [1.807, 2.05) is 35.0 Å². The van der Waals surface area contributed by atoms with Crippen LogP contribution in [0.2, 0.25) is 10.0 Å². The van der Waals surface area contributed by atoms with Crippen molar-refractivity contribution in [3.8, 4) is 11.4 Å². The van der Waals surface area contributed by atoms with Crippen LogP contribution >= 0.6 is 23.2 Å². The van der Waals surface area contributed by atoms with Gasteiger partial charge in [-0.15, -0.1) is 0 Å². The second-order valence-electron chi connectivity index (χ2n) is 6.45. The minimum absolute atomic E-state index is 0.145. The van der Waals surface area contributed by atoms with Gasteiger partial charge in [0.1, 0.15) is 5.75 Å². The number of hydrogen-bond acceptors (Lipinski definition) is 3. The molecular formula is C20H18Cl2N4O2. The number of ether oxygens (including phenoxy) is 1. The van der Waals surface area contributed by atoms with Gasteiger partial charge >= 0.3 is 6.03 Å². The lowest BCUT2D eigenvalue weighted by Gasteiger charge is -2.27. The van der Waals surface area contributed by atoms with Crippen molar-refractivity contribution in [1.82, 2.24) is 14.7 Å². The highest BCUT2D eigenvalue weighted by Gasteiger charge is 2.25. The van der Waals surface area contributed by atoms with E-state index in [2.05, 4.69) is 10.4 Å². The Morgan fingerprint density at radius 2 is 1.96 bits per heavy atom. The number of benzene rings is 2. The van der Waals surface area contributed by atoms with Gasteiger partial charge in [0.05, 0.1) is 36.3 Å². The second kappa shape index (κ2) is 7.73. The zero-order valence-corrected chi connectivity index (χ0v) is 16.7. The normalized spacial score (nSPS) is 13.2. The Morgan fingerprint density at radius 1 is 1.18 bits per heavy atom. The highest BCUT2D eigenvalue weighted by Crippen LogP contribution is 2.28. The Morgan fingerprint density at radius 3 is 2.68 bits per heavy atom. The molecule has 0 saturated carbocycles. The van der Waals surface area contributed by atoms with Crippen LogP contribution < -0.4 is 10.1 Å². The summed E-state index contributed by atoms with van der Waals surface area (Å²) >= 11 is 12.3. The first-order chi connectivity index (χ1) is 13.5. The summed E-state index contributed by atoms with van der Waals surface area (Å²) in [6, 6.07) is 12.4. The van der Waals surface area contributed by atoms with Gasteiger partial charge in [-0.2, -0.15) is 5.10 Å². The Hall–Kier alpha value is -2.70. The summed E-state index contributed by atoms with van der Waals surface area (Å²) in [4.78, 5) is 14.4. The molecule has 2 aromatic carbocycles. The van der Waals surface area contributed by atoms with Crippen molar-refractivity contribution < 1.29 is 9.53 Å². The van der Waals surface area contributed by atoms with Crippen molar-refractivity contribution in [2.45, 2.75) is 13.0 Å². The maximum atomic E-state index is 12.6. The van der Waals surface area contributed by atoms with E-state index in [9.17, 15) is 4.79 Å². The van der Waals surface area contributed by atoms with Gasteiger partial charge in [0.15, 0.2) is 0 Å². The lowest BCUT2D eigenvalue weighted by atomic mass is 10.1. The second-order valence-corrected chi connectivity index (χ2v) is 7.30. The Balaban J connectivity index is 1.49. The van der Waals surface area contributed by atoms with Crippen LogP contribution in [0.15, 0.2) is 48.7 Å². The molecule has 1 aliphatic rings. The van der Waals surface area contributed by atoms with Crippen molar-refractivity contribution in [2.75, 3.05) is 19.0 Å². The van der Waals surface area contributed by atoms with E-state index in [0.29, 0.717) is 29.6 Å². The molecular weight excluding hydrogens is 399 g/mol. The number of aromatic nitrogens is 2. The first kappa shape index (κ1) is 18.7. The van der Waals surface area contributed by atoms with Crippen LogP contribution in [0.5, 0.6) is 5.75 Å². The summed E-state index contributed by atoms with van der Waals surface area (Å²) in [5, 5.41) is 8.51. The maximum Gasteiger partial charge on any atom is 0.322 e. The van der Waals surface area contributed by atoms with Gasteiger partial charge in [0, 0.05) is 29.2 Å². The molecule has 4 rings (SSSR count). The number of methoxy groups -OCH3 is 1. The third-order valence-electron chi connectivity index (χ3n) is 4.70. The third-order valence-corrected chi connectivity index (χ3v) is 5.24. The highest BCUT2D eigenvalue weighted by molar-refractivity contribution is 6.35. The van der Waals surface area contributed by atoms with Crippen LogP contribution in [0.1, 0.15) is 11.3 Å². The number of halogens is 2. The number of hydrogen-bond donors (Lipinski definition) is 1. The topological polar surface area (TPSA) is 59.4 Å². The van der Waals surface area contributed by atoms with Gasteiger partial charge in [-0.05, 0) is 42.5 Å². The molecule has 0 bridgehead atoms. The van der Waals surface area contributed by atoms with Gasteiger partial charge in [-0.3, -0.25) is 0 Å². The fourth-order valence-corrected chi connectivity index (χ4v) is 3.73. The number of anilines is 1. The predicted octanol–water partition coefficient (Wildman–Crippen LogP) is 4.78. The van der Waals surface area contributed by atoms with Crippen molar-refractivity contribution in [3.63, 3.8) is 0 Å². The number of carbonyl (C=O) groups is 1. The lowest BCUT2D eigenvalue weighted by Crippen LogP contribution is -2.39. The van der Waals surface area contributed by atoms with Crippen LogP contribution in [-0.2, 0) is 13.0 Å². The zero-order chi connectivity index (χ0) is 19.7. The largest absolute Gasteiger partial charge is 0.497 e. The molecule has 0 unspecified atom stereocenters. The summed E-state index contributed by atoms with van der Waals surface area (Å²) in [7, 11) is 1.61. The van der Waals surface area contributed by atoms with E-state index in [4.69, 9.17) is 27.9 Å². The molecule has 0 fully saturated rings. The lowest BCUT2D eigenvalue weighted by molar-refractivity contribution is 0.206. The van der Waals surface area contributed by atoms with Gasteiger partial charge in [0.2, 0.25) is 0 Å². The third kappa shape index (κ3) is 3.66. The van der Waals surface area contributed by atoms with Crippen LogP contribution in [-0.4, -0.2) is 34.4 Å². The van der Waals surface area contributed by atoms with E-state index in [1.54, 1.807) is 30.3 Å². The van der Waals surface area contributed by atoms with Gasteiger partial charge in [-0.25, -0.2) is 9.48 Å². The van der Waals surface area contributed by atoms with E-state index in [-0.39, 0.29) is 6.03 Å². The van der Waals surface area contributed by atoms with Crippen LogP contribution in [0.4, 0.5) is 10.5 Å². The van der Waals surface area contributed by atoms with E-state index >= 15 is 0 Å². The summed E-state index contributed by atoms with van der Waals surface area (Å²) in [6.45, 7) is 1.08. The molecule has 0 atom stereocenters. The Labute approximate surface area is 172 Å². The molecule has 2 heterocycles. The monoisotopic (exact) mass is 416 g/mol. The van der Waals surface area contributed by atoms with Gasteiger partial charge in [0.25, 0.3) is 0 Å². The number of urea groups is 1. The first-order valence-electron chi connectivity index (χ1n) is 8.76. The molecule has 144 valence electrons. The minimum atomic E-state index is -0.145.